The molecule has 1 heterocycles. The Bertz CT molecular complexity index is 2910. The molecular weight excluding hydrogens is 947 g/mol. The van der Waals surface area contributed by atoms with Gasteiger partial charge in [0.25, 0.3) is 10.1 Å². The third-order valence-electron chi connectivity index (χ3n) is 13.7. The Kier molecular flexibility index (Phi) is 17.1. The van der Waals surface area contributed by atoms with E-state index >= 15 is 0 Å². The topological polar surface area (TPSA) is 134 Å². The monoisotopic (exact) mass is 1030 g/mol. The molecule has 396 valence electrons. The first-order valence-corrected chi connectivity index (χ1v) is 27.4. The van der Waals surface area contributed by atoms with Crippen LogP contribution in [0.1, 0.15) is 161 Å². The van der Waals surface area contributed by atoms with E-state index in [9.17, 15) is 18.6 Å². The number of hydrogen-bond donors (Lipinski definition) is 2. The van der Waals surface area contributed by atoms with Crippen LogP contribution in [-0.4, -0.2) is 63.3 Å². The zero-order valence-corrected chi connectivity index (χ0v) is 46.9. The van der Waals surface area contributed by atoms with Crippen LogP contribution >= 0.6 is 0 Å². The third-order valence-corrected chi connectivity index (χ3v) is 15.0. The summed E-state index contributed by atoms with van der Waals surface area (Å²) in [4.78, 5) is 4.70. The number of fused-ring (bicyclic) bond motifs is 8. The molecule has 0 aliphatic heterocycles. The molecule has 10 nitrogen and oxygen atoms in total. The molecule has 0 fully saturated rings. The first-order valence-electron chi connectivity index (χ1n) is 26.0. The second-order valence-corrected chi connectivity index (χ2v) is 25.6. The van der Waals surface area contributed by atoms with Gasteiger partial charge in [-0.2, -0.15) is 8.42 Å². The van der Waals surface area contributed by atoms with Crippen LogP contribution in [0.15, 0.2) is 102 Å². The lowest BCUT2D eigenvalue weighted by molar-refractivity contribution is 0.0278. The fourth-order valence-corrected chi connectivity index (χ4v) is 10.0. The van der Waals surface area contributed by atoms with Crippen LogP contribution in [0.25, 0.3) is 0 Å². The molecule has 0 amide bonds. The molecule has 6 aromatic rings. The van der Waals surface area contributed by atoms with Crippen molar-refractivity contribution in [1.82, 2.24) is 4.98 Å². The number of aryl methyl sites for hydroxylation is 1. The first kappa shape index (κ1) is 56.0. The zero-order chi connectivity index (χ0) is 53.8. The number of aromatic nitrogens is 1. The molecule has 1 aliphatic rings. The Morgan fingerprint density at radius 1 is 0.473 bits per heavy atom. The lowest BCUT2D eigenvalue weighted by Crippen LogP contribution is -2.17. The van der Waals surface area contributed by atoms with Crippen molar-refractivity contribution in [2.24, 2.45) is 0 Å². The summed E-state index contributed by atoms with van der Waals surface area (Å²) in [5.41, 5.74) is 12.1. The highest BCUT2D eigenvalue weighted by atomic mass is 32.2. The van der Waals surface area contributed by atoms with E-state index in [0.29, 0.717) is 31.4 Å². The van der Waals surface area contributed by atoms with Gasteiger partial charge < -0.3 is 29.2 Å². The summed E-state index contributed by atoms with van der Waals surface area (Å²) in [6, 6.07) is 29.8. The molecule has 0 unspecified atom stereocenters. The highest BCUT2D eigenvalue weighted by Gasteiger charge is 2.29. The third kappa shape index (κ3) is 14.2. The van der Waals surface area contributed by atoms with Crippen LogP contribution < -0.4 is 9.47 Å². The van der Waals surface area contributed by atoms with Gasteiger partial charge in [-0.05, 0) is 120 Å². The Hall–Kier alpha value is -5.72. The molecule has 8 bridgehead atoms. The number of hydrogen-bond acceptors (Lipinski definition) is 10. The summed E-state index contributed by atoms with van der Waals surface area (Å²) in [5, 5.41) is 25.3. The summed E-state index contributed by atoms with van der Waals surface area (Å²) in [6.07, 6.45) is 3.32. The molecule has 74 heavy (non-hydrogen) atoms. The van der Waals surface area contributed by atoms with Gasteiger partial charge in [-0.25, -0.2) is 0 Å². The van der Waals surface area contributed by atoms with Gasteiger partial charge >= 0.3 is 0 Å². The van der Waals surface area contributed by atoms with Crippen molar-refractivity contribution in [3.05, 3.63) is 175 Å². The maximum Gasteiger partial charge on any atom is 0.297 e. The molecule has 1 aliphatic carbocycles. The number of rotatable bonds is 15. The lowest BCUT2D eigenvalue weighted by atomic mass is 9.79. The van der Waals surface area contributed by atoms with Crippen LogP contribution in [0.2, 0.25) is 0 Å². The number of ether oxygens (including phenoxy) is 4. The second kappa shape index (κ2) is 22.6. The van der Waals surface area contributed by atoms with Crippen LogP contribution in [0, 0.1) is 6.92 Å². The van der Waals surface area contributed by atoms with Gasteiger partial charge in [0.15, 0.2) is 0 Å². The SMILES string of the molecule is Cc1ccc(S(=O)(=O)OCCOCCOCCOc2c3cc(C(C)(C)C)cc2Cc2cc(C(C)(C)C)cc(c2O)Cc2cc(C(C)(C)C)cc(c2OCc2ccccn2)Cc2cc(C(C)(C)C)cc(c2O)C3)cc1. The van der Waals surface area contributed by atoms with E-state index in [1.54, 1.807) is 18.3 Å². The average molecular weight is 1030 g/mol. The van der Waals surface area contributed by atoms with Crippen molar-refractivity contribution < 1.29 is 41.8 Å². The second-order valence-electron chi connectivity index (χ2n) is 24.0. The predicted molar refractivity (Wildman–Crippen MR) is 295 cm³/mol. The fourth-order valence-electron chi connectivity index (χ4n) is 9.15. The maximum absolute atomic E-state index is 12.7. The summed E-state index contributed by atoms with van der Waals surface area (Å²) in [7, 11) is -3.88. The number of benzene rings is 5. The largest absolute Gasteiger partial charge is 0.507 e. The number of phenols is 2. The molecule has 2 N–H and O–H groups in total. The first-order chi connectivity index (χ1) is 34.7. The van der Waals surface area contributed by atoms with Crippen LogP contribution in [0.3, 0.4) is 0 Å². The number of nitrogens with zero attached hydrogens (tertiary/aromatic N) is 1. The summed E-state index contributed by atoms with van der Waals surface area (Å²) < 4.78 is 55.8. The molecule has 1 aromatic heterocycles. The number of phenolic OH excluding ortho intramolecular Hbond substituents is 2. The Labute approximate surface area is 441 Å². The van der Waals surface area contributed by atoms with E-state index < -0.39 is 10.1 Å². The Morgan fingerprint density at radius 2 is 0.838 bits per heavy atom. The molecular formula is C63H79NO9S. The van der Waals surface area contributed by atoms with Crippen molar-refractivity contribution in [3.63, 3.8) is 0 Å². The van der Waals surface area contributed by atoms with Crippen LogP contribution in [0.5, 0.6) is 23.0 Å². The minimum Gasteiger partial charge on any atom is -0.507 e. The normalized spacial score (nSPS) is 13.5. The van der Waals surface area contributed by atoms with Crippen molar-refractivity contribution in [2.75, 3.05) is 39.6 Å². The van der Waals surface area contributed by atoms with Crippen molar-refractivity contribution in [3.8, 4) is 23.0 Å². The van der Waals surface area contributed by atoms with Gasteiger partial charge in [-0.3, -0.25) is 9.17 Å². The molecule has 0 saturated heterocycles. The van der Waals surface area contributed by atoms with E-state index in [-0.39, 0.29) is 84.3 Å². The molecule has 0 radical (unpaired) electrons. The molecule has 0 atom stereocenters. The summed E-state index contributed by atoms with van der Waals surface area (Å²) in [5.74, 6) is 1.88. The van der Waals surface area contributed by atoms with Crippen molar-refractivity contribution in [2.45, 2.75) is 149 Å². The van der Waals surface area contributed by atoms with Gasteiger partial charge in [0, 0.05) is 31.9 Å². The molecule has 5 aromatic carbocycles. The zero-order valence-electron chi connectivity index (χ0n) is 46.1. The van der Waals surface area contributed by atoms with Gasteiger partial charge in [-0.15, -0.1) is 0 Å². The minimum absolute atomic E-state index is 0.0819. The highest BCUT2D eigenvalue weighted by Crippen LogP contribution is 2.44. The fraction of sp³-hybridized carbons (Fsp3) is 0.444. The van der Waals surface area contributed by atoms with Gasteiger partial charge in [-0.1, -0.05) is 155 Å². The highest BCUT2D eigenvalue weighted by molar-refractivity contribution is 7.86. The van der Waals surface area contributed by atoms with Crippen molar-refractivity contribution >= 4 is 10.1 Å². The molecule has 11 heteroatoms. The average Bonchev–Trinajstić information content (AvgIpc) is 3.31. The molecule has 7 rings (SSSR count). The molecule has 0 saturated carbocycles. The van der Waals surface area contributed by atoms with Crippen molar-refractivity contribution in [1.29, 1.82) is 0 Å². The van der Waals surface area contributed by atoms with Crippen LogP contribution in [0.4, 0.5) is 0 Å². The standard InChI is InChI=1S/C63H79NO9S/c1-41-17-19-55(20-18-41)74(67,68)73-27-25-70-23-22-69-24-26-71-58-46-28-42-32-50(60(2,3)4)34-44(56(42)65)30-48-38-53(63(11,12)13)39-49(59(48)72-40-54-16-14-15-21-64-54)31-45-35-51(61(5,6)7)33-43(57(45)66)29-47(58)37-52(36-46)62(8,9)10/h14-21,32-39,65-66H,22-31,40H2,1-13H3. The number of aromatic hydroxyl groups is 2. The summed E-state index contributed by atoms with van der Waals surface area (Å²) in [6.45, 7) is 29.5. The van der Waals surface area contributed by atoms with E-state index in [4.69, 9.17) is 23.1 Å². The predicted octanol–water partition coefficient (Wildman–Crippen LogP) is 13.1. The van der Waals surface area contributed by atoms with Gasteiger partial charge in [0.1, 0.15) is 36.2 Å². The van der Waals surface area contributed by atoms with E-state index in [2.05, 4.69) is 137 Å². The Morgan fingerprint density at radius 3 is 1.22 bits per heavy atom. The summed E-state index contributed by atoms with van der Waals surface area (Å²) >= 11 is 0. The molecule has 0 spiro atoms. The Balaban J connectivity index is 1.29. The van der Waals surface area contributed by atoms with E-state index in [1.165, 1.54) is 12.1 Å². The van der Waals surface area contributed by atoms with Gasteiger partial charge in [0.05, 0.1) is 43.6 Å². The van der Waals surface area contributed by atoms with E-state index in [0.717, 1.165) is 83.8 Å². The smallest absolute Gasteiger partial charge is 0.297 e. The lowest BCUT2D eigenvalue weighted by Gasteiger charge is -2.28. The van der Waals surface area contributed by atoms with E-state index in [1.807, 2.05) is 25.1 Å². The quantitative estimate of drug-likeness (QED) is 0.0755. The number of pyridine rings is 1. The van der Waals surface area contributed by atoms with Crippen LogP contribution in [-0.2, 0) is 77.7 Å². The van der Waals surface area contributed by atoms with Gasteiger partial charge in [0.2, 0.25) is 0 Å². The minimum atomic E-state index is -3.88. The maximum atomic E-state index is 12.7.